The highest BCUT2D eigenvalue weighted by Gasteiger charge is 2.13. The summed E-state index contributed by atoms with van der Waals surface area (Å²) in [6.45, 7) is 6.75. The van der Waals surface area contributed by atoms with Crippen molar-refractivity contribution in [2.75, 3.05) is 19.6 Å². The van der Waals surface area contributed by atoms with Crippen LogP contribution in [0.5, 0.6) is 0 Å². The molecule has 94 valence electrons. The zero-order valence-electron chi connectivity index (χ0n) is 10.8. The largest absolute Gasteiger partial charge is 0.316 e. The van der Waals surface area contributed by atoms with Crippen LogP contribution in [-0.2, 0) is 13.0 Å². The van der Waals surface area contributed by atoms with Crippen LogP contribution < -0.4 is 10.6 Å². The van der Waals surface area contributed by atoms with Gasteiger partial charge in [-0.1, -0.05) is 37.6 Å². The molecule has 0 radical (unpaired) electrons. The van der Waals surface area contributed by atoms with E-state index in [1.807, 2.05) is 0 Å². The Morgan fingerprint density at radius 3 is 2.65 bits per heavy atom. The third-order valence-electron chi connectivity index (χ3n) is 3.49. The Labute approximate surface area is 105 Å². The van der Waals surface area contributed by atoms with Crippen LogP contribution >= 0.6 is 0 Å². The van der Waals surface area contributed by atoms with Gasteiger partial charge in [0.15, 0.2) is 0 Å². The lowest BCUT2D eigenvalue weighted by Crippen LogP contribution is -2.24. The molecule has 0 saturated carbocycles. The summed E-state index contributed by atoms with van der Waals surface area (Å²) >= 11 is 0. The first kappa shape index (κ1) is 12.6. The molecular formula is C15H24N2. The third-order valence-corrected chi connectivity index (χ3v) is 3.49. The smallest absolute Gasteiger partial charge is 0.0205 e. The van der Waals surface area contributed by atoms with Crippen molar-refractivity contribution in [1.29, 1.82) is 0 Å². The van der Waals surface area contributed by atoms with Gasteiger partial charge in [-0.25, -0.2) is 0 Å². The Kier molecular flexibility index (Phi) is 5.02. The van der Waals surface area contributed by atoms with Gasteiger partial charge in [0.2, 0.25) is 0 Å². The van der Waals surface area contributed by atoms with Crippen molar-refractivity contribution in [2.24, 2.45) is 5.92 Å². The van der Waals surface area contributed by atoms with Crippen LogP contribution in [0.15, 0.2) is 24.3 Å². The molecule has 2 heteroatoms. The summed E-state index contributed by atoms with van der Waals surface area (Å²) < 4.78 is 0. The number of benzene rings is 1. The van der Waals surface area contributed by atoms with E-state index in [0.29, 0.717) is 0 Å². The zero-order valence-corrected chi connectivity index (χ0v) is 10.8. The van der Waals surface area contributed by atoms with Crippen molar-refractivity contribution in [2.45, 2.75) is 32.7 Å². The van der Waals surface area contributed by atoms with E-state index in [2.05, 4.69) is 41.8 Å². The number of aryl methyl sites for hydroxylation is 1. The van der Waals surface area contributed by atoms with E-state index in [4.69, 9.17) is 0 Å². The molecule has 1 aliphatic rings. The standard InChI is InChI=1S/C15H24N2/c1-2-3-13-4-6-14(7-5-13)10-17-12-15-8-9-16-11-15/h4-7,15-17H,2-3,8-12H2,1H3. The van der Waals surface area contributed by atoms with Gasteiger partial charge >= 0.3 is 0 Å². The van der Waals surface area contributed by atoms with Crippen molar-refractivity contribution in [1.82, 2.24) is 10.6 Å². The number of hydrogen-bond donors (Lipinski definition) is 2. The van der Waals surface area contributed by atoms with Gasteiger partial charge in [-0.2, -0.15) is 0 Å². The second kappa shape index (κ2) is 6.77. The van der Waals surface area contributed by atoms with E-state index < -0.39 is 0 Å². The average molecular weight is 232 g/mol. The van der Waals surface area contributed by atoms with E-state index >= 15 is 0 Å². The van der Waals surface area contributed by atoms with Crippen LogP contribution in [0.1, 0.15) is 30.9 Å². The highest BCUT2D eigenvalue weighted by Crippen LogP contribution is 2.08. The Hall–Kier alpha value is -0.860. The molecule has 1 unspecified atom stereocenters. The minimum atomic E-state index is 0.828. The van der Waals surface area contributed by atoms with Crippen molar-refractivity contribution in [3.63, 3.8) is 0 Å². The van der Waals surface area contributed by atoms with Gasteiger partial charge in [-0.05, 0) is 49.5 Å². The summed E-state index contributed by atoms with van der Waals surface area (Å²) in [5.41, 5.74) is 2.85. The van der Waals surface area contributed by atoms with Gasteiger partial charge in [0.25, 0.3) is 0 Å². The van der Waals surface area contributed by atoms with Gasteiger partial charge in [-0.15, -0.1) is 0 Å². The second-order valence-corrected chi connectivity index (χ2v) is 5.06. The summed E-state index contributed by atoms with van der Waals surface area (Å²) in [4.78, 5) is 0. The maximum Gasteiger partial charge on any atom is 0.0205 e. The molecule has 1 aromatic carbocycles. The van der Waals surface area contributed by atoms with Crippen molar-refractivity contribution < 1.29 is 0 Å². The summed E-state index contributed by atoms with van der Waals surface area (Å²) in [6.07, 6.45) is 3.75. The molecule has 0 aromatic heterocycles. The molecule has 2 nitrogen and oxygen atoms in total. The molecule has 1 atom stereocenters. The maximum atomic E-state index is 3.56. The summed E-state index contributed by atoms with van der Waals surface area (Å²) in [6, 6.07) is 9.03. The highest BCUT2D eigenvalue weighted by atomic mass is 14.9. The van der Waals surface area contributed by atoms with Gasteiger partial charge in [-0.3, -0.25) is 0 Å². The van der Waals surface area contributed by atoms with Crippen molar-refractivity contribution >= 4 is 0 Å². The Balaban J connectivity index is 1.70. The monoisotopic (exact) mass is 232 g/mol. The topological polar surface area (TPSA) is 24.1 Å². The highest BCUT2D eigenvalue weighted by molar-refractivity contribution is 5.22. The molecule has 0 spiro atoms. The van der Waals surface area contributed by atoms with Crippen LogP contribution in [-0.4, -0.2) is 19.6 Å². The lowest BCUT2D eigenvalue weighted by atomic mass is 10.1. The summed E-state index contributed by atoms with van der Waals surface area (Å²) in [7, 11) is 0. The van der Waals surface area contributed by atoms with Crippen LogP contribution in [0.4, 0.5) is 0 Å². The van der Waals surface area contributed by atoms with Crippen LogP contribution in [0.3, 0.4) is 0 Å². The fraction of sp³-hybridized carbons (Fsp3) is 0.600. The predicted octanol–water partition coefficient (Wildman–Crippen LogP) is 2.34. The molecule has 0 aliphatic carbocycles. The first-order valence-corrected chi connectivity index (χ1v) is 6.87. The first-order valence-electron chi connectivity index (χ1n) is 6.87. The molecule has 1 aliphatic heterocycles. The van der Waals surface area contributed by atoms with Crippen LogP contribution in [0, 0.1) is 5.92 Å². The van der Waals surface area contributed by atoms with Crippen molar-refractivity contribution in [3.8, 4) is 0 Å². The lowest BCUT2D eigenvalue weighted by Gasteiger charge is -2.10. The van der Waals surface area contributed by atoms with E-state index in [0.717, 1.165) is 19.0 Å². The third kappa shape index (κ3) is 4.14. The number of hydrogen-bond acceptors (Lipinski definition) is 2. The first-order chi connectivity index (χ1) is 8.38. The van der Waals surface area contributed by atoms with Crippen molar-refractivity contribution in [3.05, 3.63) is 35.4 Å². The van der Waals surface area contributed by atoms with Gasteiger partial charge in [0.1, 0.15) is 0 Å². The fourth-order valence-electron chi connectivity index (χ4n) is 2.42. The average Bonchev–Trinajstić information content (AvgIpc) is 2.85. The molecule has 0 bridgehead atoms. The summed E-state index contributed by atoms with van der Waals surface area (Å²) in [5.74, 6) is 0.828. The molecule has 0 amide bonds. The molecular weight excluding hydrogens is 208 g/mol. The van der Waals surface area contributed by atoms with E-state index in [1.54, 1.807) is 0 Å². The Morgan fingerprint density at radius 2 is 2.00 bits per heavy atom. The number of rotatable bonds is 6. The molecule has 1 saturated heterocycles. The fourth-order valence-corrected chi connectivity index (χ4v) is 2.42. The molecule has 2 rings (SSSR count). The zero-order chi connectivity index (χ0) is 11.9. The predicted molar refractivity (Wildman–Crippen MR) is 73.1 cm³/mol. The van der Waals surface area contributed by atoms with E-state index in [9.17, 15) is 0 Å². The Morgan fingerprint density at radius 1 is 1.24 bits per heavy atom. The van der Waals surface area contributed by atoms with E-state index in [1.165, 1.54) is 43.5 Å². The quantitative estimate of drug-likeness (QED) is 0.786. The van der Waals surface area contributed by atoms with Crippen LogP contribution in [0.2, 0.25) is 0 Å². The maximum absolute atomic E-state index is 3.56. The minimum absolute atomic E-state index is 0.828. The van der Waals surface area contributed by atoms with Crippen LogP contribution in [0.25, 0.3) is 0 Å². The normalized spacial score (nSPS) is 19.7. The lowest BCUT2D eigenvalue weighted by molar-refractivity contribution is 0.512. The minimum Gasteiger partial charge on any atom is -0.316 e. The SMILES string of the molecule is CCCc1ccc(CNCC2CCNC2)cc1. The number of nitrogens with one attached hydrogen (secondary N) is 2. The molecule has 1 fully saturated rings. The second-order valence-electron chi connectivity index (χ2n) is 5.06. The van der Waals surface area contributed by atoms with Gasteiger partial charge < -0.3 is 10.6 Å². The molecule has 1 aromatic rings. The summed E-state index contributed by atoms with van der Waals surface area (Å²) in [5, 5.41) is 6.96. The molecule has 2 N–H and O–H groups in total. The molecule has 17 heavy (non-hydrogen) atoms. The van der Waals surface area contributed by atoms with Gasteiger partial charge in [0.05, 0.1) is 0 Å². The van der Waals surface area contributed by atoms with Gasteiger partial charge in [0, 0.05) is 6.54 Å². The molecule has 1 heterocycles. The van der Waals surface area contributed by atoms with E-state index in [-0.39, 0.29) is 0 Å². The Bertz CT molecular complexity index is 312.